The van der Waals surface area contributed by atoms with Crippen molar-refractivity contribution in [1.82, 2.24) is 9.80 Å². The van der Waals surface area contributed by atoms with E-state index in [0.717, 1.165) is 37.2 Å². The van der Waals surface area contributed by atoms with Gasteiger partial charge in [-0.05, 0) is 57.0 Å². The third kappa shape index (κ3) is 2.64. The summed E-state index contributed by atoms with van der Waals surface area (Å²) in [5.74, 6) is 0.271. The highest BCUT2D eigenvalue weighted by Gasteiger charge is 2.52. The monoisotopic (exact) mass is 287 g/mol. The second kappa shape index (κ2) is 5.34. The van der Waals surface area contributed by atoms with Crippen LogP contribution < -0.4 is 5.73 Å². The molecule has 1 aliphatic carbocycles. The molecule has 4 heteroatoms. The van der Waals surface area contributed by atoms with E-state index < -0.39 is 0 Å². The molecule has 1 saturated carbocycles. The summed E-state index contributed by atoms with van der Waals surface area (Å²) < 4.78 is 0. The van der Waals surface area contributed by atoms with Gasteiger partial charge >= 0.3 is 0 Å². The number of anilines is 1. The first kappa shape index (κ1) is 14.4. The third-order valence-corrected chi connectivity index (χ3v) is 5.13. The molecule has 2 aliphatic rings. The lowest BCUT2D eigenvalue weighted by molar-refractivity contribution is -0.133. The van der Waals surface area contributed by atoms with Gasteiger partial charge in [-0.2, -0.15) is 0 Å². The van der Waals surface area contributed by atoms with Crippen LogP contribution in [0.5, 0.6) is 0 Å². The van der Waals surface area contributed by atoms with Gasteiger partial charge < -0.3 is 15.5 Å². The summed E-state index contributed by atoms with van der Waals surface area (Å²) in [6.07, 6.45) is 4.36. The molecule has 1 aliphatic heterocycles. The van der Waals surface area contributed by atoms with Crippen LogP contribution in [0.4, 0.5) is 5.69 Å². The first-order valence-corrected chi connectivity index (χ1v) is 7.85. The number of nitrogen functional groups attached to an aromatic ring is 1. The van der Waals surface area contributed by atoms with Gasteiger partial charge in [-0.25, -0.2) is 0 Å². The van der Waals surface area contributed by atoms with Crippen molar-refractivity contribution in [3.05, 3.63) is 29.8 Å². The van der Waals surface area contributed by atoms with Crippen LogP contribution >= 0.6 is 0 Å². The Bertz CT molecular complexity index is 521. The Morgan fingerprint density at radius 1 is 1.38 bits per heavy atom. The lowest BCUT2D eigenvalue weighted by atomic mass is 9.94. The van der Waals surface area contributed by atoms with Gasteiger partial charge in [0.1, 0.15) is 0 Å². The fraction of sp³-hybridized carbons (Fsp3) is 0.588. The second-order valence-corrected chi connectivity index (χ2v) is 6.67. The smallest absolute Gasteiger partial charge is 0.233 e. The summed E-state index contributed by atoms with van der Waals surface area (Å²) in [5, 5.41) is 0. The van der Waals surface area contributed by atoms with E-state index in [0.29, 0.717) is 6.04 Å². The molecule has 3 rings (SSSR count). The molecule has 1 unspecified atom stereocenters. The molecule has 21 heavy (non-hydrogen) atoms. The molecule has 1 saturated heterocycles. The first-order valence-electron chi connectivity index (χ1n) is 7.85. The van der Waals surface area contributed by atoms with E-state index in [9.17, 15) is 4.79 Å². The van der Waals surface area contributed by atoms with Crippen molar-refractivity contribution < 1.29 is 4.79 Å². The van der Waals surface area contributed by atoms with E-state index in [1.807, 2.05) is 36.2 Å². The van der Waals surface area contributed by atoms with Crippen LogP contribution in [0.15, 0.2) is 24.3 Å². The number of nitrogens with two attached hydrogens (primary N) is 1. The number of amides is 1. The average Bonchev–Trinajstić information content (AvgIpc) is 3.19. The molecule has 2 N–H and O–H groups in total. The first-order chi connectivity index (χ1) is 10.0. The minimum atomic E-state index is -0.278. The molecule has 114 valence electrons. The van der Waals surface area contributed by atoms with Crippen molar-refractivity contribution in [2.24, 2.45) is 0 Å². The van der Waals surface area contributed by atoms with Crippen LogP contribution in [0.3, 0.4) is 0 Å². The summed E-state index contributed by atoms with van der Waals surface area (Å²) >= 11 is 0. The van der Waals surface area contributed by atoms with E-state index in [1.165, 1.54) is 12.8 Å². The molecule has 0 aromatic heterocycles. The molecule has 2 fully saturated rings. The minimum Gasteiger partial charge on any atom is -0.399 e. The van der Waals surface area contributed by atoms with Gasteiger partial charge in [0.25, 0.3) is 0 Å². The molecular formula is C17H25N3O. The molecule has 1 aromatic carbocycles. The minimum absolute atomic E-state index is 0.271. The van der Waals surface area contributed by atoms with Crippen LogP contribution in [0.25, 0.3) is 0 Å². The predicted molar refractivity (Wildman–Crippen MR) is 85.1 cm³/mol. The highest BCUT2D eigenvalue weighted by molar-refractivity contribution is 5.91. The van der Waals surface area contributed by atoms with E-state index in [4.69, 9.17) is 5.73 Å². The standard InChI is InChI=1S/C17H25N3O/c1-19-11-3-4-15(19)12-20(2)16(21)17(9-10-17)13-5-7-14(18)8-6-13/h5-8,15H,3-4,9-12,18H2,1-2H3. The van der Waals surface area contributed by atoms with Gasteiger partial charge in [0.05, 0.1) is 5.41 Å². The van der Waals surface area contributed by atoms with Crippen molar-refractivity contribution in [1.29, 1.82) is 0 Å². The summed E-state index contributed by atoms with van der Waals surface area (Å²) in [6, 6.07) is 8.33. The molecule has 1 atom stereocenters. The summed E-state index contributed by atoms with van der Waals surface area (Å²) in [7, 11) is 4.11. The van der Waals surface area contributed by atoms with Gasteiger partial charge in [0, 0.05) is 25.3 Å². The number of rotatable bonds is 4. The Balaban J connectivity index is 1.70. The van der Waals surface area contributed by atoms with Gasteiger partial charge in [-0.15, -0.1) is 0 Å². The number of hydrogen-bond acceptors (Lipinski definition) is 3. The molecular weight excluding hydrogens is 262 g/mol. The van der Waals surface area contributed by atoms with Crippen LogP contribution in [0, 0.1) is 0 Å². The lowest BCUT2D eigenvalue weighted by Gasteiger charge is -2.29. The van der Waals surface area contributed by atoms with Gasteiger partial charge in [-0.3, -0.25) is 4.79 Å². The average molecular weight is 287 g/mol. The maximum atomic E-state index is 12.9. The molecule has 4 nitrogen and oxygen atoms in total. The van der Waals surface area contributed by atoms with Crippen molar-refractivity contribution >= 4 is 11.6 Å². The maximum Gasteiger partial charge on any atom is 0.233 e. The van der Waals surface area contributed by atoms with Crippen LogP contribution in [-0.2, 0) is 10.2 Å². The molecule has 1 aromatic rings. The normalized spacial score (nSPS) is 24.0. The second-order valence-electron chi connectivity index (χ2n) is 6.67. The Labute approximate surface area is 126 Å². The number of likely N-dealkylation sites (N-methyl/N-ethyl adjacent to an activating group) is 2. The predicted octanol–water partition coefficient (Wildman–Crippen LogP) is 1.85. The lowest BCUT2D eigenvalue weighted by Crippen LogP contribution is -2.43. The van der Waals surface area contributed by atoms with Crippen LogP contribution in [0.1, 0.15) is 31.2 Å². The van der Waals surface area contributed by atoms with Gasteiger partial charge in [-0.1, -0.05) is 12.1 Å². The number of benzene rings is 1. The highest BCUT2D eigenvalue weighted by atomic mass is 16.2. The largest absolute Gasteiger partial charge is 0.399 e. The van der Waals surface area contributed by atoms with Crippen molar-refractivity contribution in [2.45, 2.75) is 37.1 Å². The van der Waals surface area contributed by atoms with E-state index in [1.54, 1.807) is 0 Å². The van der Waals surface area contributed by atoms with Crippen molar-refractivity contribution in [3.63, 3.8) is 0 Å². The zero-order valence-electron chi connectivity index (χ0n) is 13.0. The van der Waals surface area contributed by atoms with Gasteiger partial charge in [0.2, 0.25) is 5.91 Å². The Morgan fingerprint density at radius 2 is 2.05 bits per heavy atom. The van der Waals surface area contributed by atoms with Crippen molar-refractivity contribution in [2.75, 3.05) is 32.9 Å². The molecule has 1 amide bonds. The number of likely N-dealkylation sites (tertiary alicyclic amines) is 1. The summed E-state index contributed by atoms with van der Waals surface area (Å²) in [5.41, 5.74) is 7.34. The fourth-order valence-corrected chi connectivity index (χ4v) is 3.53. The van der Waals surface area contributed by atoms with Gasteiger partial charge in [0.15, 0.2) is 0 Å². The molecule has 0 bridgehead atoms. The Morgan fingerprint density at radius 3 is 2.57 bits per heavy atom. The molecule has 1 heterocycles. The molecule has 0 spiro atoms. The maximum absolute atomic E-state index is 12.9. The Kier molecular flexibility index (Phi) is 3.66. The summed E-state index contributed by atoms with van der Waals surface area (Å²) in [6.45, 7) is 1.99. The third-order valence-electron chi connectivity index (χ3n) is 5.13. The number of nitrogens with zero attached hydrogens (tertiary/aromatic N) is 2. The quantitative estimate of drug-likeness (QED) is 0.860. The zero-order valence-corrected chi connectivity index (χ0v) is 13.0. The summed E-state index contributed by atoms with van der Waals surface area (Å²) in [4.78, 5) is 17.2. The van der Waals surface area contributed by atoms with E-state index in [2.05, 4.69) is 11.9 Å². The highest BCUT2D eigenvalue weighted by Crippen LogP contribution is 2.49. The zero-order chi connectivity index (χ0) is 15.0. The van der Waals surface area contributed by atoms with Crippen LogP contribution in [-0.4, -0.2) is 48.9 Å². The topological polar surface area (TPSA) is 49.6 Å². The number of hydrogen-bond donors (Lipinski definition) is 1. The van der Waals surface area contributed by atoms with E-state index in [-0.39, 0.29) is 11.3 Å². The molecule has 0 radical (unpaired) electrons. The SMILES string of the molecule is CN(CC1CCCN1C)C(=O)C1(c2ccc(N)cc2)CC1. The number of carbonyl (C=O) groups is 1. The van der Waals surface area contributed by atoms with E-state index >= 15 is 0 Å². The Hall–Kier alpha value is -1.55. The van der Waals surface area contributed by atoms with Crippen LogP contribution in [0.2, 0.25) is 0 Å². The van der Waals surface area contributed by atoms with Crippen molar-refractivity contribution in [3.8, 4) is 0 Å². The number of carbonyl (C=O) groups excluding carboxylic acids is 1. The fourth-order valence-electron chi connectivity index (χ4n) is 3.53.